The molecule has 0 fully saturated rings. The SMILES string of the molecule is C=C(CCC)C(=O)N(C)[Si](C)(O[Si](C)(C)C)O[Si](C)(C)C. The Kier molecular flexibility index (Phi) is 7.29. The van der Waals surface area contributed by atoms with Crippen molar-refractivity contribution in [2.45, 2.75) is 65.6 Å². The van der Waals surface area contributed by atoms with E-state index >= 15 is 0 Å². The molecule has 0 aromatic carbocycles. The lowest BCUT2D eigenvalue weighted by atomic mass is 10.2. The summed E-state index contributed by atoms with van der Waals surface area (Å²) in [5, 5.41) is 0. The Bertz CT molecular complexity index is 370. The van der Waals surface area contributed by atoms with Crippen LogP contribution in [-0.2, 0) is 13.0 Å². The summed E-state index contributed by atoms with van der Waals surface area (Å²) in [5.41, 5.74) is 0.636. The fourth-order valence-electron chi connectivity index (χ4n) is 2.12. The second kappa shape index (κ2) is 7.36. The summed E-state index contributed by atoms with van der Waals surface area (Å²) in [6.07, 6.45) is 1.63. The van der Waals surface area contributed by atoms with Crippen molar-refractivity contribution in [1.29, 1.82) is 0 Å². The zero-order valence-electron chi connectivity index (χ0n) is 15.3. The van der Waals surface area contributed by atoms with Crippen LogP contribution in [0.25, 0.3) is 0 Å². The van der Waals surface area contributed by atoms with Crippen molar-refractivity contribution in [2.75, 3.05) is 7.05 Å². The summed E-state index contributed by atoms with van der Waals surface area (Å²) >= 11 is 0. The monoisotopic (exact) mass is 347 g/mol. The minimum Gasteiger partial charge on any atom is -0.421 e. The van der Waals surface area contributed by atoms with Gasteiger partial charge in [0.2, 0.25) is 5.91 Å². The van der Waals surface area contributed by atoms with Gasteiger partial charge in [0, 0.05) is 12.6 Å². The molecule has 4 nitrogen and oxygen atoms in total. The van der Waals surface area contributed by atoms with Crippen molar-refractivity contribution >= 4 is 31.3 Å². The molecule has 0 aromatic heterocycles. The van der Waals surface area contributed by atoms with E-state index in [1.54, 1.807) is 11.6 Å². The zero-order chi connectivity index (χ0) is 17.1. The van der Waals surface area contributed by atoms with Gasteiger partial charge in [-0.3, -0.25) is 4.79 Å². The average molecular weight is 348 g/mol. The largest absolute Gasteiger partial charge is 0.437 e. The predicted octanol–water partition coefficient (Wildman–Crippen LogP) is 4.07. The van der Waals surface area contributed by atoms with Crippen molar-refractivity contribution in [2.24, 2.45) is 0 Å². The highest BCUT2D eigenvalue weighted by molar-refractivity contribution is 6.87. The van der Waals surface area contributed by atoms with E-state index in [4.69, 9.17) is 8.23 Å². The topological polar surface area (TPSA) is 38.8 Å². The first-order valence-corrected chi connectivity index (χ1v) is 16.7. The number of amides is 1. The van der Waals surface area contributed by atoms with E-state index < -0.39 is 25.4 Å². The van der Waals surface area contributed by atoms with E-state index in [0.29, 0.717) is 12.0 Å². The van der Waals surface area contributed by atoms with Crippen molar-refractivity contribution in [3.8, 4) is 0 Å². The summed E-state index contributed by atoms with van der Waals surface area (Å²) in [6, 6.07) is 0. The van der Waals surface area contributed by atoms with Crippen LogP contribution in [0.4, 0.5) is 0 Å². The number of rotatable bonds is 8. The quantitative estimate of drug-likeness (QED) is 0.491. The van der Waals surface area contributed by atoms with E-state index in [1.807, 2.05) is 13.5 Å². The van der Waals surface area contributed by atoms with Crippen molar-refractivity contribution in [1.82, 2.24) is 4.57 Å². The molecule has 0 unspecified atom stereocenters. The first-order valence-electron chi connectivity index (χ1n) is 7.58. The number of carbonyl (C=O) groups excluding carboxylic acids is 1. The van der Waals surface area contributed by atoms with Crippen LogP contribution in [0.15, 0.2) is 12.2 Å². The third kappa shape index (κ3) is 7.55. The highest BCUT2D eigenvalue weighted by Crippen LogP contribution is 2.24. The third-order valence-corrected chi connectivity index (χ3v) is 12.1. The first kappa shape index (κ1) is 20.8. The normalized spacial score (nSPS) is 13.2. The summed E-state index contributed by atoms with van der Waals surface area (Å²) in [4.78, 5) is 12.6. The molecule has 0 aromatic rings. The van der Waals surface area contributed by atoms with Crippen LogP contribution in [0.5, 0.6) is 0 Å². The second-order valence-corrected chi connectivity index (χ2v) is 20.1. The van der Waals surface area contributed by atoms with E-state index in [-0.39, 0.29) is 5.91 Å². The van der Waals surface area contributed by atoms with Gasteiger partial charge < -0.3 is 12.8 Å². The molecule has 0 saturated carbocycles. The van der Waals surface area contributed by atoms with Gasteiger partial charge in [0.05, 0.1) is 0 Å². The highest BCUT2D eigenvalue weighted by Gasteiger charge is 2.47. The average Bonchev–Trinajstić information content (AvgIpc) is 2.21. The predicted molar refractivity (Wildman–Crippen MR) is 97.3 cm³/mol. The Hall–Kier alpha value is -0.219. The second-order valence-electron chi connectivity index (χ2n) is 7.54. The molecule has 124 valence electrons. The summed E-state index contributed by atoms with van der Waals surface area (Å²) < 4.78 is 14.4. The van der Waals surface area contributed by atoms with Crippen LogP contribution in [0, 0.1) is 0 Å². The van der Waals surface area contributed by atoms with Crippen LogP contribution >= 0.6 is 0 Å². The minimum absolute atomic E-state index is 0.0393. The molecule has 0 rings (SSSR count). The molecule has 0 heterocycles. The van der Waals surface area contributed by atoms with E-state index in [1.165, 1.54) is 0 Å². The Morgan fingerprint density at radius 2 is 1.38 bits per heavy atom. The van der Waals surface area contributed by atoms with E-state index in [0.717, 1.165) is 6.42 Å². The lowest BCUT2D eigenvalue weighted by molar-refractivity contribution is -0.123. The molecular weight excluding hydrogens is 314 g/mol. The zero-order valence-corrected chi connectivity index (χ0v) is 18.3. The molecule has 0 spiro atoms. The minimum atomic E-state index is -2.73. The number of hydrogen-bond acceptors (Lipinski definition) is 3. The van der Waals surface area contributed by atoms with Crippen LogP contribution in [0.3, 0.4) is 0 Å². The van der Waals surface area contributed by atoms with Gasteiger partial charge in [-0.25, -0.2) is 0 Å². The molecule has 0 aliphatic heterocycles. The highest BCUT2D eigenvalue weighted by atomic mass is 28.5. The maximum Gasteiger partial charge on any atom is 0.437 e. The molecule has 0 saturated heterocycles. The number of carbonyl (C=O) groups is 1. The van der Waals surface area contributed by atoms with Crippen LogP contribution < -0.4 is 0 Å². The number of hydrogen-bond donors (Lipinski definition) is 0. The fraction of sp³-hybridized carbons (Fsp3) is 0.786. The molecule has 0 bridgehead atoms. The van der Waals surface area contributed by atoms with Crippen molar-refractivity contribution < 1.29 is 13.0 Å². The standard InChI is InChI=1S/C14H33NO3Si3/c1-11-12-13(2)14(16)15(3)21(10,17-19(4,5)6)18-20(7,8)9/h2,11-12H2,1,3-10H3. The Morgan fingerprint density at radius 3 is 1.67 bits per heavy atom. The summed E-state index contributed by atoms with van der Waals surface area (Å²) in [5.74, 6) is -0.0393. The molecule has 0 atom stereocenters. The smallest absolute Gasteiger partial charge is 0.421 e. The van der Waals surface area contributed by atoms with Gasteiger partial charge in [-0.2, -0.15) is 0 Å². The summed E-state index contributed by atoms with van der Waals surface area (Å²) in [6.45, 7) is 20.7. The molecule has 21 heavy (non-hydrogen) atoms. The van der Waals surface area contributed by atoms with Gasteiger partial charge >= 0.3 is 8.72 Å². The van der Waals surface area contributed by atoms with Gasteiger partial charge in [-0.1, -0.05) is 19.9 Å². The van der Waals surface area contributed by atoms with E-state index in [2.05, 4.69) is 45.9 Å². The van der Waals surface area contributed by atoms with E-state index in [9.17, 15) is 4.79 Å². The molecule has 0 aliphatic rings. The molecule has 0 aliphatic carbocycles. The Balaban J connectivity index is 5.38. The number of likely N-dealkylation sites (N-methyl/N-ethyl adjacent to an activating group) is 1. The van der Waals surface area contributed by atoms with Crippen LogP contribution in [0.2, 0.25) is 45.8 Å². The van der Waals surface area contributed by atoms with Gasteiger partial charge in [0.25, 0.3) is 0 Å². The van der Waals surface area contributed by atoms with Gasteiger partial charge in [-0.15, -0.1) is 0 Å². The third-order valence-electron chi connectivity index (χ3n) is 2.76. The first-order chi connectivity index (χ1) is 9.22. The van der Waals surface area contributed by atoms with Crippen LogP contribution in [0.1, 0.15) is 19.8 Å². The van der Waals surface area contributed by atoms with Crippen LogP contribution in [-0.4, -0.2) is 42.9 Å². The van der Waals surface area contributed by atoms with Gasteiger partial charge in [0.1, 0.15) is 0 Å². The number of nitrogens with zero attached hydrogens (tertiary/aromatic N) is 1. The van der Waals surface area contributed by atoms with Crippen molar-refractivity contribution in [3.63, 3.8) is 0 Å². The lowest BCUT2D eigenvalue weighted by Gasteiger charge is -2.43. The Labute approximate surface area is 134 Å². The molecular formula is C14H33NO3Si3. The molecule has 0 N–H and O–H groups in total. The maximum absolute atomic E-state index is 12.6. The molecule has 7 heteroatoms. The maximum atomic E-state index is 12.6. The molecule has 0 radical (unpaired) electrons. The Morgan fingerprint density at radius 1 is 1.00 bits per heavy atom. The molecule has 1 amide bonds. The fourth-order valence-corrected chi connectivity index (χ4v) is 13.4. The van der Waals surface area contributed by atoms with Crippen molar-refractivity contribution in [3.05, 3.63) is 12.2 Å². The van der Waals surface area contributed by atoms with Gasteiger partial charge in [0.15, 0.2) is 16.6 Å². The summed E-state index contributed by atoms with van der Waals surface area (Å²) in [7, 11) is -4.57. The van der Waals surface area contributed by atoms with Gasteiger partial charge in [-0.05, 0) is 52.2 Å². The lowest BCUT2D eigenvalue weighted by Crippen LogP contribution is -2.64.